The van der Waals surface area contributed by atoms with Crippen LogP contribution in [0.2, 0.25) is 0 Å². The molecule has 64 valence electrons. The molecule has 0 radical (unpaired) electrons. The van der Waals surface area contributed by atoms with Crippen LogP contribution >= 0.6 is 11.3 Å². The second-order valence-electron chi connectivity index (χ2n) is 2.82. The van der Waals surface area contributed by atoms with E-state index >= 15 is 0 Å². The largest absolute Gasteiger partial charge is 0.467 e. The number of aldehydes is 1. The number of nitrogens with zero attached hydrogens (tertiary/aromatic N) is 1. The average molecular weight is 183 g/mol. The first kappa shape index (κ1) is 7.73. The van der Waals surface area contributed by atoms with E-state index in [1.807, 2.05) is 0 Å². The Morgan fingerprint density at radius 1 is 1.67 bits per heavy atom. The van der Waals surface area contributed by atoms with E-state index in [4.69, 9.17) is 4.74 Å². The van der Waals surface area contributed by atoms with Crippen molar-refractivity contribution in [2.75, 3.05) is 0 Å². The van der Waals surface area contributed by atoms with Crippen LogP contribution in [0.5, 0.6) is 5.19 Å². The minimum atomic E-state index is 0.343. The molecule has 1 saturated carbocycles. The summed E-state index contributed by atoms with van der Waals surface area (Å²) >= 11 is 1.31. The standard InChI is InChI=1S/C8H9NO2S/c10-5-7-4-9-8(12-7)11-6-2-1-3-6/h4-6H,1-3H2. The van der Waals surface area contributed by atoms with Crippen molar-refractivity contribution < 1.29 is 9.53 Å². The molecule has 4 heteroatoms. The molecule has 0 bridgehead atoms. The molecule has 0 spiro atoms. The molecular weight excluding hydrogens is 174 g/mol. The maximum absolute atomic E-state index is 10.3. The predicted octanol–water partition coefficient (Wildman–Crippen LogP) is 1.89. The molecule has 0 saturated heterocycles. The van der Waals surface area contributed by atoms with Crippen molar-refractivity contribution in [3.63, 3.8) is 0 Å². The van der Waals surface area contributed by atoms with Crippen LogP contribution in [-0.2, 0) is 0 Å². The summed E-state index contributed by atoms with van der Waals surface area (Å²) in [6.07, 6.45) is 6.18. The summed E-state index contributed by atoms with van der Waals surface area (Å²) in [5, 5.41) is 0.627. The summed E-state index contributed by atoms with van der Waals surface area (Å²) in [7, 11) is 0. The molecule has 0 aromatic carbocycles. The van der Waals surface area contributed by atoms with E-state index in [-0.39, 0.29) is 0 Å². The van der Waals surface area contributed by atoms with Crippen LogP contribution in [0.25, 0.3) is 0 Å². The molecule has 1 aliphatic carbocycles. The molecule has 0 N–H and O–H groups in total. The smallest absolute Gasteiger partial charge is 0.274 e. The minimum Gasteiger partial charge on any atom is -0.467 e. The third-order valence-corrected chi connectivity index (χ3v) is 2.75. The number of carbonyl (C=O) groups is 1. The third-order valence-electron chi connectivity index (χ3n) is 1.94. The van der Waals surface area contributed by atoms with Crippen molar-refractivity contribution in [1.82, 2.24) is 4.98 Å². The summed E-state index contributed by atoms with van der Waals surface area (Å²) in [6.45, 7) is 0. The van der Waals surface area contributed by atoms with Crippen molar-refractivity contribution >= 4 is 17.6 Å². The van der Waals surface area contributed by atoms with Crippen LogP contribution in [0.15, 0.2) is 6.20 Å². The number of ether oxygens (including phenoxy) is 1. The molecule has 3 nitrogen and oxygen atoms in total. The lowest BCUT2D eigenvalue weighted by Gasteiger charge is -2.24. The van der Waals surface area contributed by atoms with E-state index in [0.29, 0.717) is 16.2 Å². The van der Waals surface area contributed by atoms with Crippen LogP contribution in [0.1, 0.15) is 28.9 Å². The first-order chi connectivity index (χ1) is 5.88. The van der Waals surface area contributed by atoms with Gasteiger partial charge in [-0.1, -0.05) is 11.3 Å². The van der Waals surface area contributed by atoms with Crippen LogP contribution in [0.3, 0.4) is 0 Å². The first-order valence-electron chi connectivity index (χ1n) is 3.96. The van der Waals surface area contributed by atoms with Crippen molar-refractivity contribution in [2.45, 2.75) is 25.4 Å². The maximum Gasteiger partial charge on any atom is 0.274 e. The molecule has 1 aromatic rings. The van der Waals surface area contributed by atoms with E-state index in [0.717, 1.165) is 19.1 Å². The number of carbonyl (C=O) groups excluding carboxylic acids is 1. The highest BCUT2D eigenvalue weighted by atomic mass is 32.1. The fourth-order valence-corrected chi connectivity index (χ4v) is 1.65. The molecule has 0 atom stereocenters. The molecule has 0 unspecified atom stereocenters. The Morgan fingerprint density at radius 2 is 2.50 bits per heavy atom. The number of rotatable bonds is 3. The molecule has 2 rings (SSSR count). The van der Waals surface area contributed by atoms with Gasteiger partial charge < -0.3 is 4.74 Å². The van der Waals surface area contributed by atoms with E-state index in [2.05, 4.69) is 4.98 Å². The van der Waals surface area contributed by atoms with Gasteiger partial charge in [-0.2, -0.15) is 0 Å². The van der Waals surface area contributed by atoms with E-state index in [1.54, 1.807) is 6.20 Å². The maximum atomic E-state index is 10.3. The first-order valence-corrected chi connectivity index (χ1v) is 4.78. The zero-order valence-electron chi connectivity index (χ0n) is 6.53. The number of hydrogen-bond donors (Lipinski definition) is 0. The third kappa shape index (κ3) is 1.48. The Hall–Kier alpha value is -0.900. The lowest BCUT2D eigenvalue weighted by Crippen LogP contribution is -2.24. The summed E-state index contributed by atoms with van der Waals surface area (Å²) in [5.41, 5.74) is 0. The lowest BCUT2D eigenvalue weighted by molar-refractivity contribution is 0.112. The number of aromatic nitrogens is 1. The molecule has 0 aliphatic heterocycles. The van der Waals surface area contributed by atoms with Crippen molar-refractivity contribution in [3.05, 3.63) is 11.1 Å². The van der Waals surface area contributed by atoms with Gasteiger partial charge in [-0.3, -0.25) is 4.79 Å². The highest BCUT2D eigenvalue weighted by Crippen LogP contribution is 2.27. The molecule has 1 heterocycles. The van der Waals surface area contributed by atoms with Gasteiger partial charge in [0.1, 0.15) is 6.10 Å². The Balaban J connectivity index is 1.97. The number of hydrogen-bond acceptors (Lipinski definition) is 4. The topological polar surface area (TPSA) is 39.2 Å². The van der Waals surface area contributed by atoms with Gasteiger partial charge in [-0.25, -0.2) is 4.98 Å². The summed E-state index contributed by atoms with van der Waals surface area (Å²) < 4.78 is 5.48. The molecule has 1 aliphatic rings. The molecule has 1 fully saturated rings. The SMILES string of the molecule is O=Cc1cnc(OC2CCC2)s1. The fraction of sp³-hybridized carbons (Fsp3) is 0.500. The highest BCUT2D eigenvalue weighted by molar-refractivity contribution is 7.15. The van der Waals surface area contributed by atoms with Gasteiger partial charge in [-0.05, 0) is 19.3 Å². The Morgan fingerprint density at radius 3 is 3.00 bits per heavy atom. The second-order valence-corrected chi connectivity index (χ2v) is 3.84. The quantitative estimate of drug-likeness (QED) is 0.672. The Kier molecular flexibility index (Phi) is 2.08. The van der Waals surface area contributed by atoms with Gasteiger partial charge in [0.15, 0.2) is 6.29 Å². The van der Waals surface area contributed by atoms with Crippen molar-refractivity contribution in [3.8, 4) is 5.19 Å². The van der Waals surface area contributed by atoms with Crippen LogP contribution in [0, 0.1) is 0 Å². The Bertz CT molecular complexity index is 280. The van der Waals surface area contributed by atoms with Gasteiger partial charge in [0.2, 0.25) is 0 Å². The van der Waals surface area contributed by atoms with Crippen LogP contribution in [-0.4, -0.2) is 17.4 Å². The van der Waals surface area contributed by atoms with Crippen molar-refractivity contribution in [1.29, 1.82) is 0 Å². The summed E-state index contributed by atoms with van der Waals surface area (Å²) in [4.78, 5) is 14.9. The van der Waals surface area contributed by atoms with Gasteiger partial charge in [0.05, 0.1) is 11.1 Å². The van der Waals surface area contributed by atoms with Gasteiger partial charge in [0, 0.05) is 0 Å². The molecule has 12 heavy (non-hydrogen) atoms. The average Bonchev–Trinajstić information content (AvgIpc) is 2.44. The van der Waals surface area contributed by atoms with Gasteiger partial charge in [-0.15, -0.1) is 0 Å². The second kappa shape index (κ2) is 3.23. The highest BCUT2D eigenvalue weighted by Gasteiger charge is 2.20. The van der Waals surface area contributed by atoms with Crippen LogP contribution in [0.4, 0.5) is 0 Å². The minimum absolute atomic E-state index is 0.343. The Labute approximate surface area is 74.4 Å². The van der Waals surface area contributed by atoms with Crippen LogP contribution < -0.4 is 4.74 Å². The zero-order chi connectivity index (χ0) is 8.39. The predicted molar refractivity (Wildman–Crippen MR) is 45.8 cm³/mol. The molecule has 1 aromatic heterocycles. The zero-order valence-corrected chi connectivity index (χ0v) is 7.34. The lowest BCUT2D eigenvalue weighted by atomic mass is 9.96. The van der Waals surface area contributed by atoms with Gasteiger partial charge >= 0.3 is 0 Å². The normalized spacial score (nSPS) is 17.0. The van der Waals surface area contributed by atoms with Gasteiger partial charge in [0.25, 0.3) is 5.19 Å². The molecule has 0 amide bonds. The molecular formula is C8H9NO2S. The van der Waals surface area contributed by atoms with E-state index < -0.39 is 0 Å². The fourth-order valence-electron chi connectivity index (χ4n) is 1.01. The van der Waals surface area contributed by atoms with E-state index in [9.17, 15) is 4.79 Å². The summed E-state index contributed by atoms with van der Waals surface area (Å²) in [6, 6.07) is 0. The summed E-state index contributed by atoms with van der Waals surface area (Å²) in [5.74, 6) is 0. The van der Waals surface area contributed by atoms with Crippen molar-refractivity contribution in [2.24, 2.45) is 0 Å². The van der Waals surface area contributed by atoms with E-state index in [1.165, 1.54) is 17.8 Å². The monoisotopic (exact) mass is 183 g/mol. The number of thiazole rings is 1.